The van der Waals surface area contributed by atoms with Gasteiger partial charge in [-0.3, -0.25) is 0 Å². The molecule has 106 valence electrons. The average molecular weight is 276 g/mol. The molecule has 0 saturated heterocycles. The normalized spacial score (nSPS) is 10.8. The van der Waals surface area contributed by atoms with Crippen LogP contribution >= 0.6 is 0 Å². The molecule has 2 aromatic carbocycles. The summed E-state index contributed by atoms with van der Waals surface area (Å²) in [6, 6.07) is 21.2. The van der Waals surface area contributed by atoms with Crippen LogP contribution in [-0.2, 0) is 6.42 Å². The number of aromatic nitrogens is 2. The maximum Gasteiger partial charge on any atom is 0.0743 e. The molecule has 0 radical (unpaired) electrons. The van der Waals surface area contributed by atoms with E-state index >= 15 is 0 Å². The van der Waals surface area contributed by atoms with Crippen LogP contribution in [0.2, 0.25) is 0 Å². The topological polar surface area (TPSA) is 17.8 Å². The van der Waals surface area contributed by atoms with Crippen molar-refractivity contribution in [2.24, 2.45) is 0 Å². The summed E-state index contributed by atoms with van der Waals surface area (Å²) < 4.78 is 2.03. The van der Waals surface area contributed by atoms with Crippen LogP contribution in [0, 0.1) is 6.92 Å². The van der Waals surface area contributed by atoms with Crippen LogP contribution in [0.4, 0.5) is 0 Å². The van der Waals surface area contributed by atoms with Gasteiger partial charge in [0.05, 0.1) is 17.1 Å². The molecule has 0 aliphatic carbocycles. The lowest BCUT2D eigenvalue weighted by atomic mass is 10.0. The molecule has 3 rings (SSSR count). The number of rotatable bonds is 4. The first kappa shape index (κ1) is 13.6. The van der Waals surface area contributed by atoms with Gasteiger partial charge in [-0.1, -0.05) is 49.7 Å². The lowest BCUT2D eigenvalue weighted by Gasteiger charge is -2.09. The van der Waals surface area contributed by atoms with E-state index in [0.29, 0.717) is 0 Å². The van der Waals surface area contributed by atoms with Crippen molar-refractivity contribution in [3.8, 4) is 16.9 Å². The Hall–Kier alpha value is -2.35. The van der Waals surface area contributed by atoms with E-state index in [9.17, 15) is 0 Å². The molecule has 0 unspecified atom stereocenters. The summed E-state index contributed by atoms with van der Waals surface area (Å²) in [5.41, 5.74) is 5.90. The van der Waals surface area contributed by atoms with Gasteiger partial charge in [0.15, 0.2) is 0 Å². The molecule has 1 heterocycles. The van der Waals surface area contributed by atoms with Crippen molar-refractivity contribution < 1.29 is 0 Å². The number of hydrogen-bond acceptors (Lipinski definition) is 1. The molecular formula is C19H20N2. The predicted molar refractivity (Wildman–Crippen MR) is 87.7 cm³/mol. The Morgan fingerprint density at radius 3 is 2.52 bits per heavy atom. The SMILES string of the molecule is CCCc1cccc(-c2cc(C)nn2-c2ccccc2)c1. The van der Waals surface area contributed by atoms with E-state index in [-0.39, 0.29) is 0 Å². The number of benzene rings is 2. The second kappa shape index (κ2) is 5.96. The van der Waals surface area contributed by atoms with Crippen molar-refractivity contribution in [2.45, 2.75) is 26.7 Å². The average Bonchev–Trinajstić information content (AvgIpc) is 2.91. The van der Waals surface area contributed by atoms with Gasteiger partial charge in [0, 0.05) is 5.56 Å². The minimum atomic E-state index is 1.04. The fraction of sp³-hybridized carbons (Fsp3) is 0.211. The first-order valence-corrected chi connectivity index (χ1v) is 7.49. The molecule has 0 N–H and O–H groups in total. The van der Waals surface area contributed by atoms with Crippen molar-refractivity contribution in [1.82, 2.24) is 9.78 Å². The first-order valence-electron chi connectivity index (χ1n) is 7.49. The van der Waals surface area contributed by atoms with Crippen LogP contribution in [0.3, 0.4) is 0 Å². The molecule has 2 nitrogen and oxygen atoms in total. The third-order valence-electron chi connectivity index (χ3n) is 3.59. The maximum atomic E-state index is 4.65. The lowest BCUT2D eigenvalue weighted by molar-refractivity contribution is 0.868. The zero-order valence-corrected chi connectivity index (χ0v) is 12.6. The van der Waals surface area contributed by atoms with Gasteiger partial charge in [-0.25, -0.2) is 4.68 Å². The Labute approximate surface area is 126 Å². The highest BCUT2D eigenvalue weighted by Crippen LogP contribution is 2.25. The molecule has 0 fully saturated rings. The zero-order chi connectivity index (χ0) is 14.7. The van der Waals surface area contributed by atoms with Gasteiger partial charge in [0.25, 0.3) is 0 Å². The van der Waals surface area contributed by atoms with Crippen LogP contribution in [0.5, 0.6) is 0 Å². The van der Waals surface area contributed by atoms with Crippen molar-refractivity contribution >= 4 is 0 Å². The molecule has 1 aromatic heterocycles. The Kier molecular flexibility index (Phi) is 3.87. The summed E-state index contributed by atoms with van der Waals surface area (Å²) >= 11 is 0. The van der Waals surface area contributed by atoms with E-state index in [1.165, 1.54) is 17.5 Å². The van der Waals surface area contributed by atoms with Crippen LogP contribution in [0.1, 0.15) is 24.6 Å². The van der Waals surface area contributed by atoms with Gasteiger partial charge < -0.3 is 0 Å². The number of nitrogens with zero attached hydrogens (tertiary/aromatic N) is 2. The molecule has 0 saturated carbocycles. The summed E-state index contributed by atoms with van der Waals surface area (Å²) in [4.78, 5) is 0. The van der Waals surface area contributed by atoms with Crippen LogP contribution in [0.25, 0.3) is 16.9 Å². The zero-order valence-electron chi connectivity index (χ0n) is 12.6. The van der Waals surface area contributed by atoms with Gasteiger partial charge >= 0.3 is 0 Å². The molecule has 0 aliphatic heterocycles. The summed E-state index contributed by atoms with van der Waals surface area (Å²) in [6.45, 7) is 4.25. The monoisotopic (exact) mass is 276 g/mol. The molecule has 0 amide bonds. The lowest BCUT2D eigenvalue weighted by Crippen LogP contribution is -1.99. The molecule has 0 bridgehead atoms. The molecular weight excluding hydrogens is 256 g/mol. The van der Waals surface area contributed by atoms with Gasteiger partial charge in [0.2, 0.25) is 0 Å². The third kappa shape index (κ3) is 2.89. The Morgan fingerprint density at radius 1 is 0.952 bits per heavy atom. The smallest absolute Gasteiger partial charge is 0.0743 e. The second-order valence-electron chi connectivity index (χ2n) is 5.37. The minimum absolute atomic E-state index is 1.04. The summed E-state index contributed by atoms with van der Waals surface area (Å²) in [5, 5.41) is 4.65. The number of aryl methyl sites for hydroxylation is 2. The van der Waals surface area contributed by atoms with E-state index in [0.717, 1.165) is 23.5 Å². The Balaban J connectivity index is 2.09. The van der Waals surface area contributed by atoms with Crippen molar-refractivity contribution in [3.63, 3.8) is 0 Å². The summed E-state index contributed by atoms with van der Waals surface area (Å²) in [5.74, 6) is 0. The van der Waals surface area contributed by atoms with Gasteiger partial charge in [-0.2, -0.15) is 5.10 Å². The largest absolute Gasteiger partial charge is 0.233 e. The Morgan fingerprint density at radius 2 is 1.76 bits per heavy atom. The highest BCUT2D eigenvalue weighted by Gasteiger charge is 2.10. The summed E-state index contributed by atoms with van der Waals surface area (Å²) in [7, 11) is 0. The van der Waals surface area contributed by atoms with Crippen molar-refractivity contribution in [2.75, 3.05) is 0 Å². The maximum absolute atomic E-state index is 4.65. The quantitative estimate of drug-likeness (QED) is 0.669. The molecule has 0 spiro atoms. The van der Waals surface area contributed by atoms with Crippen molar-refractivity contribution in [3.05, 3.63) is 71.9 Å². The van der Waals surface area contributed by atoms with E-state index in [4.69, 9.17) is 0 Å². The molecule has 21 heavy (non-hydrogen) atoms. The highest BCUT2D eigenvalue weighted by molar-refractivity contribution is 5.63. The number of hydrogen-bond donors (Lipinski definition) is 0. The highest BCUT2D eigenvalue weighted by atomic mass is 15.3. The summed E-state index contributed by atoms with van der Waals surface area (Å²) in [6.07, 6.45) is 2.28. The van der Waals surface area contributed by atoms with E-state index < -0.39 is 0 Å². The van der Waals surface area contributed by atoms with Gasteiger partial charge in [-0.05, 0) is 43.2 Å². The fourth-order valence-corrected chi connectivity index (χ4v) is 2.65. The molecule has 0 aliphatic rings. The number of para-hydroxylation sites is 1. The Bertz CT molecular complexity index is 726. The van der Waals surface area contributed by atoms with Gasteiger partial charge in [0.1, 0.15) is 0 Å². The predicted octanol–water partition coefficient (Wildman–Crippen LogP) is 4.80. The van der Waals surface area contributed by atoms with Crippen molar-refractivity contribution in [1.29, 1.82) is 0 Å². The molecule has 3 aromatic rings. The van der Waals surface area contributed by atoms with Crippen LogP contribution in [-0.4, -0.2) is 9.78 Å². The molecule has 0 atom stereocenters. The van der Waals surface area contributed by atoms with E-state index in [1.807, 2.05) is 29.8 Å². The van der Waals surface area contributed by atoms with Gasteiger partial charge in [-0.15, -0.1) is 0 Å². The van der Waals surface area contributed by atoms with Crippen LogP contribution in [0.15, 0.2) is 60.7 Å². The minimum Gasteiger partial charge on any atom is -0.233 e. The van der Waals surface area contributed by atoms with Crippen LogP contribution < -0.4 is 0 Å². The van der Waals surface area contributed by atoms with E-state index in [1.54, 1.807) is 0 Å². The standard InChI is InChI=1S/C19H20N2/c1-3-8-16-9-7-10-17(14-16)19-13-15(2)20-21(19)18-11-5-4-6-12-18/h4-7,9-14H,3,8H2,1-2H3. The second-order valence-corrected chi connectivity index (χ2v) is 5.37. The first-order chi connectivity index (χ1) is 10.3. The molecule has 2 heteroatoms. The van der Waals surface area contributed by atoms with E-state index in [2.05, 4.69) is 54.5 Å². The fourth-order valence-electron chi connectivity index (χ4n) is 2.65. The third-order valence-corrected chi connectivity index (χ3v) is 3.59.